The fraction of sp³-hybridized carbons (Fsp3) is 0.615. The third kappa shape index (κ3) is 6.15. The first-order valence-corrected chi connectivity index (χ1v) is 12.3. The third-order valence-electron chi connectivity index (χ3n) is 6.50. The van der Waals surface area contributed by atoms with Gasteiger partial charge >= 0.3 is 0 Å². The van der Waals surface area contributed by atoms with Crippen molar-refractivity contribution in [3.05, 3.63) is 35.5 Å². The zero-order chi connectivity index (χ0) is 23.8. The lowest BCUT2D eigenvalue weighted by molar-refractivity contribution is -0.137. The van der Waals surface area contributed by atoms with Crippen LogP contribution >= 0.6 is 0 Å². The van der Waals surface area contributed by atoms with E-state index >= 15 is 0 Å². The number of likely N-dealkylation sites (tertiary alicyclic amines) is 1. The summed E-state index contributed by atoms with van der Waals surface area (Å²) in [4.78, 5) is 32.8. The molecule has 0 saturated carbocycles. The number of piperidine rings is 1. The lowest BCUT2D eigenvalue weighted by atomic mass is 10.00. The van der Waals surface area contributed by atoms with Gasteiger partial charge in [-0.2, -0.15) is 0 Å². The van der Waals surface area contributed by atoms with Crippen LogP contribution in [0, 0.1) is 0 Å². The number of rotatable bonds is 12. The molecule has 7 nitrogen and oxygen atoms in total. The topological polar surface area (TPSA) is 62.3 Å². The Kier molecular flexibility index (Phi) is 9.32. The maximum Gasteiger partial charge on any atom is 0.277 e. The first kappa shape index (κ1) is 25.2. The standard InChI is InChI=1S/C26H39N3O4/c1-5-7-18-32-19-8-15-29-25(30)23(20-9-11-22(12-10-20)33-6-2)24(26(29)31)28(4)21-13-16-27(3)17-14-21/h9-12,21H,5-8,13-19H2,1-4H3. The summed E-state index contributed by atoms with van der Waals surface area (Å²) < 4.78 is 11.2. The molecule has 0 aromatic heterocycles. The third-order valence-corrected chi connectivity index (χ3v) is 6.50. The van der Waals surface area contributed by atoms with Crippen LogP contribution in [-0.2, 0) is 14.3 Å². The van der Waals surface area contributed by atoms with Crippen LogP contribution in [-0.4, -0.2) is 86.1 Å². The average molecular weight is 458 g/mol. The zero-order valence-electron chi connectivity index (χ0n) is 20.6. The van der Waals surface area contributed by atoms with Crippen LogP contribution < -0.4 is 4.74 Å². The molecular formula is C26H39N3O4. The Morgan fingerprint density at radius 3 is 2.30 bits per heavy atom. The van der Waals surface area contributed by atoms with E-state index in [2.05, 4.69) is 23.8 Å². The fourth-order valence-electron chi connectivity index (χ4n) is 4.48. The Hall–Kier alpha value is -2.38. The highest BCUT2D eigenvalue weighted by Gasteiger charge is 2.42. The SMILES string of the molecule is CCCCOCCCN1C(=O)C(c2ccc(OCC)cc2)=C(N(C)C2CCN(C)CC2)C1=O. The molecule has 0 atom stereocenters. The molecule has 0 N–H and O–H groups in total. The second-order valence-electron chi connectivity index (χ2n) is 8.91. The molecule has 0 unspecified atom stereocenters. The van der Waals surface area contributed by atoms with E-state index in [4.69, 9.17) is 9.47 Å². The van der Waals surface area contributed by atoms with Gasteiger partial charge in [-0.3, -0.25) is 14.5 Å². The van der Waals surface area contributed by atoms with Gasteiger partial charge in [-0.05, 0) is 70.4 Å². The summed E-state index contributed by atoms with van der Waals surface area (Å²) in [5.41, 5.74) is 1.77. The second-order valence-corrected chi connectivity index (χ2v) is 8.91. The summed E-state index contributed by atoms with van der Waals surface area (Å²) in [5, 5.41) is 0. The Bertz CT molecular complexity index is 828. The van der Waals surface area contributed by atoms with Gasteiger partial charge in [0.2, 0.25) is 0 Å². The molecule has 0 bridgehead atoms. The molecule has 2 aliphatic heterocycles. The van der Waals surface area contributed by atoms with E-state index < -0.39 is 0 Å². The summed E-state index contributed by atoms with van der Waals surface area (Å²) in [6.45, 7) is 8.26. The van der Waals surface area contributed by atoms with E-state index in [9.17, 15) is 9.59 Å². The molecule has 0 radical (unpaired) electrons. The van der Waals surface area contributed by atoms with Crippen molar-refractivity contribution in [2.75, 3.05) is 53.6 Å². The Labute approximate surface area is 198 Å². The first-order valence-electron chi connectivity index (χ1n) is 12.3. The van der Waals surface area contributed by atoms with Gasteiger partial charge in [-0.1, -0.05) is 25.5 Å². The Morgan fingerprint density at radius 2 is 1.67 bits per heavy atom. The molecule has 7 heteroatoms. The number of imide groups is 1. The quantitative estimate of drug-likeness (QED) is 0.354. The lowest BCUT2D eigenvalue weighted by Crippen LogP contribution is -2.43. The van der Waals surface area contributed by atoms with Gasteiger partial charge in [0.1, 0.15) is 11.4 Å². The van der Waals surface area contributed by atoms with Crippen LogP contribution in [0.2, 0.25) is 0 Å². The molecule has 2 aliphatic rings. The number of unbranched alkanes of at least 4 members (excludes halogenated alkanes) is 1. The van der Waals surface area contributed by atoms with Gasteiger partial charge in [0.05, 0.1) is 12.2 Å². The molecule has 2 heterocycles. The number of benzene rings is 1. The van der Waals surface area contributed by atoms with Gasteiger partial charge in [0.15, 0.2) is 0 Å². The summed E-state index contributed by atoms with van der Waals surface area (Å²) in [7, 11) is 4.08. The van der Waals surface area contributed by atoms with Crippen LogP contribution in [0.5, 0.6) is 5.75 Å². The number of likely N-dealkylation sites (N-methyl/N-ethyl adjacent to an activating group) is 1. The highest BCUT2D eigenvalue weighted by atomic mass is 16.5. The number of hydrogen-bond acceptors (Lipinski definition) is 6. The molecule has 1 aromatic rings. The van der Waals surface area contributed by atoms with Crippen LogP contribution in [0.25, 0.3) is 5.57 Å². The van der Waals surface area contributed by atoms with Crippen LogP contribution in [0.15, 0.2) is 30.0 Å². The predicted octanol–water partition coefficient (Wildman–Crippen LogP) is 3.40. The Balaban J connectivity index is 1.82. The lowest BCUT2D eigenvalue weighted by Gasteiger charge is -2.36. The molecule has 33 heavy (non-hydrogen) atoms. The summed E-state index contributed by atoms with van der Waals surface area (Å²) in [6, 6.07) is 7.72. The average Bonchev–Trinajstić information content (AvgIpc) is 3.06. The van der Waals surface area contributed by atoms with Gasteiger partial charge in [-0.25, -0.2) is 0 Å². The van der Waals surface area contributed by atoms with Gasteiger partial charge in [0, 0.05) is 32.8 Å². The highest BCUT2D eigenvalue weighted by Crippen LogP contribution is 2.34. The number of carbonyl (C=O) groups is 2. The van der Waals surface area contributed by atoms with Crippen molar-refractivity contribution in [2.24, 2.45) is 0 Å². The van der Waals surface area contributed by atoms with Crippen LogP contribution in [0.4, 0.5) is 0 Å². The summed E-state index contributed by atoms with van der Waals surface area (Å²) >= 11 is 0. The van der Waals surface area contributed by atoms with Crippen LogP contribution in [0.3, 0.4) is 0 Å². The minimum atomic E-state index is -0.215. The van der Waals surface area contributed by atoms with Crippen molar-refractivity contribution < 1.29 is 19.1 Å². The van der Waals surface area contributed by atoms with Gasteiger partial charge in [-0.15, -0.1) is 0 Å². The fourth-order valence-corrected chi connectivity index (χ4v) is 4.48. The molecule has 0 spiro atoms. The summed E-state index contributed by atoms with van der Waals surface area (Å²) in [6.07, 6.45) is 4.70. The number of hydrogen-bond donors (Lipinski definition) is 0. The number of amides is 2. The van der Waals surface area contributed by atoms with E-state index in [0.717, 1.165) is 56.7 Å². The predicted molar refractivity (Wildman–Crippen MR) is 130 cm³/mol. The minimum Gasteiger partial charge on any atom is -0.494 e. The van der Waals surface area contributed by atoms with Crippen molar-refractivity contribution in [1.29, 1.82) is 0 Å². The monoisotopic (exact) mass is 457 g/mol. The van der Waals surface area contributed by atoms with Crippen molar-refractivity contribution in [1.82, 2.24) is 14.7 Å². The smallest absolute Gasteiger partial charge is 0.277 e. The van der Waals surface area contributed by atoms with E-state index in [1.165, 1.54) is 4.90 Å². The van der Waals surface area contributed by atoms with Crippen molar-refractivity contribution in [3.8, 4) is 5.75 Å². The normalized spacial score (nSPS) is 17.9. The first-order chi connectivity index (χ1) is 16.0. The Morgan fingerprint density at radius 1 is 1.00 bits per heavy atom. The van der Waals surface area contributed by atoms with Crippen molar-refractivity contribution in [2.45, 2.75) is 52.0 Å². The maximum absolute atomic E-state index is 13.5. The maximum atomic E-state index is 13.5. The second kappa shape index (κ2) is 12.2. The van der Waals surface area contributed by atoms with Gasteiger partial charge < -0.3 is 19.3 Å². The van der Waals surface area contributed by atoms with Crippen molar-refractivity contribution >= 4 is 17.4 Å². The molecule has 1 saturated heterocycles. The van der Waals surface area contributed by atoms with Crippen LogP contribution in [0.1, 0.15) is 51.5 Å². The van der Waals surface area contributed by atoms with Gasteiger partial charge in [0.25, 0.3) is 11.8 Å². The molecule has 1 fully saturated rings. The molecule has 2 amide bonds. The van der Waals surface area contributed by atoms with E-state index in [-0.39, 0.29) is 17.9 Å². The molecule has 182 valence electrons. The number of nitrogens with zero attached hydrogens (tertiary/aromatic N) is 3. The molecular weight excluding hydrogens is 418 g/mol. The number of ether oxygens (including phenoxy) is 2. The van der Waals surface area contributed by atoms with E-state index in [1.54, 1.807) is 0 Å². The highest BCUT2D eigenvalue weighted by molar-refractivity contribution is 6.35. The largest absolute Gasteiger partial charge is 0.494 e. The molecule has 1 aromatic carbocycles. The molecule has 0 aliphatic carbocycles. The summed E-state index contributed by atoms with van der Waals surface area (Å²) in [5.74, 6) is 0.344. The van der Waals surface area contributed by atoms with Crippen molar-refractivity contribution in [3.63, 3.8) is 0 Å². The zero-order valence-corrected chi connectivity index (χ0v) is 20.6. The van der Waals surface area contributed by atoms with E-state index in [0.29, 0.717) is 37.4 Å². The number of carbonyl (C=O) groups excluding carboxylic acids is 2. The van der Waals surface area contributed by atoms with E-state index in [1.807, 2.05) is 38.2 Å². The molecule has 3 rings (SSSR count). The minimum absolute atomic E-state index is 0.195.